The third-order valence-corrected chi connectivity index (χ3v) is 7.48. The van der Waals surface area contributed by atoms with E-state index < -0.39 is 5.82 Å². The summed E-state index contributed by atoms with van der Waals surface area (Å²) in [4.78, 5) is 24.7. The minimum Gasteiger partial charge on any atom is -0.332 e. The van der Waals surface area contributed by atoms with Crippen molar-refractivity contribution < 1.29 is 9.18 Å². The third-order valence-electron chi connectivity index (χ3n) is 6.99. The number of allylic oxidation sites excluding steroid dienone is 3. The van der Waals surface area contributed by atoms with Gasteiger partial charge in [-0.1, -0.05) is 46.8 Å². The first-order chi connectivity index (χ1) is 16.9. The lowest BCUT2D eigenvalue weighted by atomic mass is 9.88. The molecule has 0 spiro atoms. The average molecular weight is 532 g/mol. The minimum absolute atomic E-state index is 0.0127. The zero-order chi connectivity index (χ0) is 24.7. The van der Waals surface area contributed by atoms with Crippen LogP contribution in [0.4, 0.5) is 4.39 Å². The molecule has 1 aliphatic heterocycles. The molecule has 1 amide bonds. The van der Waals surface area contributed by atoms with Crippen LogP contribution in [0, 0.1) is 11.7 Å². The number of hydrogen-bond donors (Lipinski definition) is 0. The van der Waals surface area contributed by atoms with Gasteiger partial charge in [0.1, 0.15) is 5.82 Å². The Hall–Kier alpha value is -3.12. The molecule has 3 aliphatic rings. The van der Waals surface area contributed by atoms with Gasteiger partial charge in [-0.15, -0.1) is 0 Å². The van der Waals surface area contributed by atoms with Crippen molar-refractivity contribution in [3.8, 4) is 0 Å². The molecule has 35 heavy (non-hydrogen) atoms. The Morgan fingerprint density at radius 2 is 1.94 bits per heavy atom. The van der Waals surface area contributed by atoms with Crippen LogP contribution in [0.25, 0.3) is 0 Å². The number of benzene rings is 2. The summed E-state index contributed by atoms with van der Waals surface area (Å²) in [5, 5.41) is 0. The van der Waals surface area contributed by atoms with Crippen molar-refractivity contribution in [2.45, 2.75) is 32.2 Å². The molecule has 1 heterocycles. The lowest BCUT2D eigenvalue weighted by molar-refractivity contribution is -0.129. The number of rotatable bonds is 3. The van der Waals surface area contributed by atoms with Gasteiger partial charge in [0.05, 0.1) is 17.3 Å². The fraction of sp³-hybridized carbons (Fsp3) is 0.276. The predicted molar refractivity (Wildman–Crippen MR) is 142 cm³/mol. The number of carbonyl (C=O) groups is 1. The van der Waals surface area contributed by atoms with Gasteiger partial charge in [0.25, 0.3) is 5.91 Å². The molecule has 1 fully saturated rings. The van der Waals surface area contributed by atoms with Gasteiger partial charge >= 0.3 is 0 Å². The molecule has 2 aromatic carbocycles. The highest BCUT2D eigenvalue weighted by Gasteiger charge is 2.34. The number of fused-ring (bicyclic) bond motifs is 1. The summed E-state index contributed by atoms with van der Waals surface area (Å²) in [5.41, 5.74) is 5.78. The molecule has 178 valence electrons. The SMILES string of the molecule is C=C1C(C2CC2)=CC(C(=O)N2CCc3ccccc3[C@H]2C)=CC1=NC(=NC)c1ccc(Br)cc1F. The van der Waals surface area contributed by atoms with Gasteiger partial charge in [-0.3, -0.25) is 9.79 Å². The maximum atomic E-state index is 14.7. The third kappa shape index (κ3) is 4.59. The van der Waals surface area contributed by atoms with Crippen LogP contribution < -0.4 is 0 Å². The van der Waals surface area contributed by atoms with E-state index in [1.54, 1.807) is 25.3 Å². The fourth-order valence-corrected chi connectivity index (χ4v) is 5.22. The van der Waals surface area contributed by atoms with Gasteiger partial charge in [0, 0.05) is 23.6 Å². The summed E-state index contributed by atoms with van der Waals surface area (Å²) < 4.78 is 15.3. The first-order valence-electron chi connectivity index (χ1n) is 11.9. The van der Waals surface area contributed by atoms with E-state index in [-0.39, 0.29) is 17.8 Å². The maximum Gasteiger partial charge on any atom is 0.254 e. The Labute approximate surface area is 213 Å². The van der Waals surface area contributed by atoms with Crippen LogP contribution in [0.15, 0.2) is 92.4 Å². The normalized spacial score (nSPS) is 21.5. The van der Waals surface area contributed by atoms with E-state index in [0.29, 0.717) is 33.8 Å². The van der Waals surface area contributed by atoms with Crippen LogP contribution in [0.5, 0.6) is 0 Å². The molecule has 0 bridgehead atoms. The summed E-state index contributed by atoms with van der Waals surface area (Å²) in [6.45, 7) is 7.03. The zero-order valence-corrected chi connectivity index (χ0v) is 21.5. The molecule has 0 radical (unpaired) electrons. The molecule has 1 atom stereocenters. The van der Waals surface area contributed by atoms with Crippen molar-refractivity contribution in [3.63, 3.8) is 0 Å². The highest BCUT2D eigenvalue weighted by atomic mass is 79.9. The predicted octanol–water partition coefficient (Wildman–Crippen LogP) is 6.38. The van der Waals surface area contributed by atoms with E-state index >= 15 is 0 Å². The standard InChI is InChI=1S/C29H27BrFN3O/c1-17-25(20-8-9-20)14-21(29(35)34-13-12-19-6-4-5-7-23(19)18(34)2)15-27(17)33-28(32-3)24-11-10-22(30)16-26(24)31/h4-7,10-11,14-16,18,20H,1,8-9,12-13H2,2-3H3/t18-/m1/s1. The summed E-state index contributed by atoms with van der Waals surface area (Å²) >= 11 is 3.29. The Kier molecular flexibility index (Phi) is 6.41. The molecular formula is C29H27BrFN3O. The lowest BCUT2D eigenvalue weighted by Crippen LogP contribution is -2.40. The van der Waals surface area contributed by atoms with Crippen molar-refractivity contribution in [1.29, 1.82) is 0 Å². The largest absolute Gasteiger partial charge is 0.332 e. The summed E-state index contributed by atoms with van der Waals surface area (Å²) in [5.74, 6) is 0.224. The molecule has 0 aromatic heterocycles. The number of aliphatic imine (C=N–C) groups is 2. The molecule has 0 unspecified atom stereocenters. The number of carbonyl (C=O) groups excluding carboxylic acids is 1. The number of amides is 1. The highest BCUT2D eigenvalue weighted by Crippen LogP contribution is 2.42. The quantitative estimate of drug-likeness (QED) is 0.334. The van der Waals surface area contributed by atoms with Gasteiger partial charge in [0.15, 0.2) is 5.84 Å². The van der Waals surface area contributed by atoms with E-state index in [9.17, 15) is 9.18 Å². The topological polar surface area (TPSA) is 45.0 Å². The van der Waals surface area contributed by atoms with Crippen molar-refractivity contribution in [3.05, 3.63) is 105 Å². The average Bonchev–Trinajstić information content (AvgIpc) is 3.69. The molecule has 0 N–H and O–H groups in total. The van der Waals surface area contributed by atoms with Gasteiger partial charge in [0.2, 0.25) is 0 Å². The van der Waals surface area contributed by atoms with Gasteiger partial charge < -0.3 is 4.90 Å². The van der Waals surface area contributed by atoms with E-state index in [2.05, 4.69) is 46.6 Å². The van der Waals surface area contributed by atoms with Crippen molar-refractivity contribution >= 4 is 33.4 Å². The molecule has 0 saturated heterocycles. The number of nitrogens with zero attached hydrogens (tertiary/aromatic N) is 3. The van der Waals surface area contributed by atoms with E-state index in [0.717, 1.165) is 30.4 Å². The lowest BCUT2D eigenvalue weighted by Gasteiger charge is -2.36. The second-order valence-corrected chi connectivity index (χ2v) is 10.2. The monoisotopic (exact) mass is 531 g/mol. The molecule has 1 saturated carbocycles. The molecule has 6 heteroatoms. The van der Waals surface area contributed by atoms with E-state index in [1.165, 1.54) is 17.2 Å². The van der Waals surface area contributed by atoms with Crippen LogP contribution in [0.3, 0.4) is 0 Å². The Balaban J connectivity index is 1.52. The molecule has 2 aromatic rings. The van der Waals surface area contributed by atoms with Crippen LogP contribution >= 0.6 is 15.9 Å². The van der Waals surface area contributed by atoms with Crippen molar-refractivity contribution in [2.24, 2.45) is 15.9 Å². The summed E-state index contributed by atoms with van der Waals surface area (Å²) in [6.07, 6.45) is 6.75. The van der Waals surface area contributed by atoms with Crippen molar-refractivity contribution in [1.82, 2.24) is 4.90 Å². The minimum atomic E-state index is -0.412. The van der Waals surface area contributed by atoms with Crippen LogP contribution in [0.1, 0.15) is 42.5 Å². The van der Waals surface area contributed by atoms with Gasteiger partial charge in [-0.05, 0) is 84.7 Å². The molecule has 2 aliphatic carbocycles. The van der Waals surface area contributed by atoms with Crippen molar-refractivity contribution in [2.75, 3.05) is 13.6 Å². The number of hydrogen-bond acceptors (Lipinski definition) is 2. The smallest absolute Gasteiger partial charge is 0.254 e. The van der Waals surface area contributed by atoms with Crippen LogP contribution in [0.2, 0.25) is 0 Å². The molecule has 4 nitrogen and oxygen atoms in total. The molecule has 5 rings (SSSR count). The van der Waals surface area contributed by atoms with Gasteiger partial charge in [-0.2, -0.15) is 0 Å². The number of halogens is 2. The van der Waals surface area contributed by atoms with Gasteiger partial charge in [-0.25, -0.2) is 9.38 Å². The van der Waals surface area contributed by atoms with Crippen LogP contribution in [-0.4, -0.2) is 35.9 Å². The summed E-state index contributed by atoms with van der Waals surface area (Å²) in [7, 11) is 1.59. The second kappa shape index (κ2) is 9.50. The first-order valence-corrected chi connectivity index (χ1v) is 12.7. The fourth-order valence-electron chi connectivity index (χ4n) is 4.89. The Morgan fingerprint density at radius 1 is 1.17 bits per heavy atom. The Bertz CT molecular complexity index is 1350. The highest BCUT2D eigenvalue weighted by molar-refractivity contribution is 9.10. The van der Waals surface area contributed by atoms with E-state index in [4.69, 9.17) is 4.99 Å². The van der Waals surface area contributed by atoms with E-state index in [1.807, 2.05) is 23.1 Å². The maximum absolute atomic E-state index is 14.7. The summed E-state index contributed by atoms with van der Waals surface area (Å²) in [6, 6.07) is 13.1. The Morgan fingerprint density at radius 3 is 2.66 bits per heavy atom. The van der Waals surface area contributed by atoms with Crippen LogP contribution in [-0.2, 0) is 11.2 Å². The first kappa shape index (κ1) is 23.6. The zero-order valence-electron chi connectivity index (χ0n) is 19.9. The second-order valence-electron chi connectivity index (χ2n) is 9.24. The molecular weight excluding hydrogens is 505 g/mol. The number of amidine groups is 1.